The van der Waals surface area contributed by atoms with Crippen LogP contribution in [0.5, 0.6) is 5.75 Å². The SMILES string of the molecule is C=CC(=O)OCCCCCOc1ccc(C2CCC(CCCCCOC(=O)C=C)CC2)cc1. The van der Waals surface area contributed by atoms with Gasteiger partial charge in [-0.1, -0.05) is 44.6 Å². The van der Waals surface area contributed by atoms with Crippen molar-refractivity contribution >= 4 is 11.9 Å². The molecule has 5 heteroatoms. The lowest BCUT2D eigenvalue weighted by Crippen LogP contribution is -2.13. The van der Waals surface area contributed by atoms with Crippen LogP contribution in [0, 0.1) is 5.92 Å². The van der Waals surface area contributed by atoms with Crippen LogP contribution in [0.15, 0.2) is 49.6 Å². The van der Waals surface area contributed by atoms with E-state index >= 15 is 0 Å². The lowest BCUT2D eigenvalue weighted by atomic mass is 9.77. The number of unbranched alkanes of at least 4 members (excludes halogenated alkanes) is 4. The lowest BCUT2D eigenvalue weighted by molar-refractivity contribution is -0.138. The van der Waals surface area contributed by atoms with Gasteiger partial charge in [-0.05, 0) is 80.9 Å². The Morgan fingerprint density at radius 1 is 0.758 bits per heavy atom. The molecule has 1 aromatic rings. The molecule has 0 aromatic heterocycles. The van der Waals surface area contributed by atoms with E-state index in [1.54, 1.807) is 0 Å². The fourth-order valence-electron chi connectivity index (χ4n) is 4.37. The minimum absolute atomic E-state index is 0.325. The van der Waals surface area contributed by atoms with E-state index in [9.17, 15) is 9.59 Å². The first kappa shape index (κ1) is 26.7. The number of hydrogen-bond acceptors (Lipinski definition) is 5. The average Bonchev–Trinajstić information content (AvgIpc) is 2.86. The first-order valence-corrected chi connectivity index (χ1v) is 12.4. The van der Waals surface area contributed by atoms with Crippen LogP contribution < -0.4 is 4.74 Å². The van der Waals surface area contributed by atoms with Crippen LogP contribution in [0.4, 0.5) is 0 Å². The first-order chi connectivity index (χ1) is 16.1. The maximum absolute atomic E-state index is 11.0. The quantitative estimate of drug-likeness (QED) is 0.161. The summed E-state index contributed by atoms with van der Waals surface area (Å²) in [4.78, 5) is 22.0. The van der Waals surface area contributed by atoms with Gasteiger partial charge in [-0.3, -0.25) is 0 Å². The largest absolute Gasteiger partial charge is 0.494 e. The summed E-state index contributed by atoms with van der Waals surface area (Å²) >= 11 is 0. The summed E-state index contributed by atoms with van der Waals surface area (Å²) in [5, 5.41) is 0. The molecule has 1 fully saturated rings. The third kappa shape index (κ3) is 11.2. The molecule has 1 aliphatic rings. The van der Waals surface area contributed by atoms with Crippen LogP contribution >= 0.6 is 0 Å². The van der Waals surface area contributed by atoms with Crippen molar-refractivity contribution in [1.82, 2.24) is 0 Å². The zero-order chi connectivity index (χ0) is 23.7. The van der Waals surface area contributed by atoms with Gasteiger partial charge >= 0.3 is 11.9 Å². The molecular weight excluding hydrogens is 416 g/mol. The second kappa shape index (κ2) is 16.1. The third-order valence-electron chi connectivity index (χ3n) is 6.33. The van der Waals surface area contributed by atoms with Gasteiger partial charge in [0.25, 0.3) is 0 Å². The molecule has 0 N–H and O–H groups in total. The smallest absolute Gasteiger partial charge is 0.330 e. The monoisotopic (exact) mass is 456 g/mol. The molecule has 0 atom stereocenters. The normalized spacial score (nSPS) is 17.7. The summed E-state index contributed by atoms with van der Waals surface area (Å²) in [6.45, 7) is 8.40. The summed E-state index contributed by atoms with van der Waals surface area (Å²) in [5.41, 5.74) is 1.42. The second-order valence-corrected chi connectivity index (χ2v) is 8.79. The maximum Gasteiger partial charge on any atom is 0.330 e. The lowest BCUT2D eigenvalue weighted by Gasteiger charge is -2.29. The van der Waals surface area contributed by atoms with E-state index in [-0.39, 0.29) is 11.9 Å². The fraction of sp³-hybridized carbons (Fsp3) is 0.571. The van der Waals surface area contributed by atoms with Crippen molar-refractivity contribution < 1.29 is 23.8 Å². The Hall–Kier alpha value is -2.56. The predicted molar refractivity (Wildman–Crippen MR) is 131 cm³/mol. The standard InChI is InChI=1S/C28H40O5/c1-3-27(29)32-21-8-5-7-11-23-12-14-24(15-13-23)25-16-18-26(19-17-25)31-20-9-6-10-22-33-28(30)4-2/h3-4,16-19,23-24H,1-2,5-15,20-22H2. The van der Waals surface area contributed by atoms with Crippen LogP contribution in [0.2, 0.25) is 0 Å². The van der Waals surface area contributed by atoms with E-state index < -0.39 is 0 Å². The van der Waals surface area contributed by atoms with E-state index in [4.69, 9.17) is 14.2 Å². The number of benzene rings is 1. The zero-order valence-electron chi connectivity index (χ0n) is 20.0. The maximum atomic E-state index is 11.0. The molecule has 0 spiro atoms. The predicted octanol–water partition coefficient (Wildman–Crippen LogP) is 6.53. The van der Waals surface area contributed by atoms with Crippen LogP contribution in [0.1, 0.15) is 82.1 Å². The molecule has 0 saturated heterocycles. The Bertz CT molecular complexity index is 716. The minimum atomic E-state index is -0.361. The molecule has 0 radical (unpaired) electrons. The molecule has 5 nitrogen and oxygen atoms in total. The van der Waals surface area contributed by atoms with E-state index in [2.05, 4.69) is 37.4 Å². The van der Waals surface area contributed by atoms with Gasteiger partial charge in [0.05, 0.1) is 19.8 Å². The molecule has 0 heterocycles. The number of esters is 2. The third-order valence-corrected chi connectivity index (χ3v) is 6.33. The van der Waals surface area contributed by atoms with Gasteiger partial charge in [-0.25, -0.2) is 9.59 Å². The fourth-order valence-corrected chi connectivity index (χ4v) is 4.37. The van der Waals surface area contributed by atoms with Crippen molar-refractivity contribution in [3.63, 3.8) is 0 Å². The van der Waals surface area contributed by atoms with E-state index in [0.29, 0.717) is 25.7 Å². The van der Waals surface area contributed by atoms with E-state index in [0.717, 1.165) is 43.8 Å². The first-order valence-electron chi connectivity index (χ1n) is 12.4. The molecule has 182 valence electrons. The molecule has 2 rings (SSSR count). The van der Waals surface area contributed by atoms with Crippen molar-refractivity contribution in [2.45, 2.75) is 76.5 Å². The summed E-state index contributed by atoms with van der Waals surface area (Å²) in [5.74, 6) is 1.73. The van der Waals surface area contributed by atoms with Crippen molar-refractivity contribution in [2.75, 3.05) is 19.8 Å². The Balaban J connectivity index is 1.53. The number of hydrogen-bond donors (Lipinski definition) is 0. The van der Waals surface area contributed by atoms with Gasteiger partial charge in [0.15, 0.2) is 0 Å². The Morgan fingerprint density at radius 2 is 1.30 bits per heavy atom. The Labute approximate surface area is 199 Å². The zero-order valence-corrected chi connectivity index (χ0v) is 20.0. The van der Waals surface area contributed by atoms with Crippen molar-refractivity contribution in [2.24, 2.45) is 5.92 Å². The highest BCUT2D eigenvalue weighted by Gasteiger charge is 2.22. The molecule has 0 amide bonds. The van der Waals surface area contributed by atoms with E-state index in [1.165, 1.54) is 56.2 Å². The number of ether oxygens (including phenoxy) is 3. The van der Waals surface area contributed by atoms with Gasteiger partial charge in [0, 0.05) is 12.2 Å². The van der Waals surface area contributed by atoms with Crippen molar-refractivity contribution in [3.05, 3.63) is 55.1 Å². The van der Waals surface area contributed by atoms with Crippen molar-refractivity contribution in [3.8, 4) is 5.75 Å². The molecule has 1 saturated carbocycles. The van der Waals surface area contributed by atoms with Crippen molar-refractivity contribution in [1.29, 1.82) is 0 Å². The van der Waals surface area contributed by atoms with Crippen LogP contribution in [0.3, 0.4) is 0 Å². The van der Waals surface area contributed by atoms with Gasteiger partial charge < -0.3 is 14.2 Å². The second-order valence-electron chi connectivity index (χ2n) is 8.79. The van der Waals surface area contributed by atoms with Crippen LogP contribution in [0.25, 0.3) is 0 Å². The molecule has 0 bridgehead atoms. The number of rotatable bonds is 16. The van der Waals surface area contributed by atoms with Crippen LogP contribution in [-0.2, 0) is 19.1 Å². The average molecular weight is 457 g/mol. The summed E-state index contributed by atoms with van der Waals surface area (Å²) < 4.78 is 15.8. The summed E-state index contributed by atoms with van der Waals surface area (Å²) in [6.07, 6.45) is 14.8. The minimum Gasteiger partial charge on any atom is -0.494 e. The molecule has 0 aliphatic heterocycles. The van der Waals surface area contributed by atoms with E-state index in [1.807, 2.05) is 0 Å². The molecule has 1 aliphatic carbocycles. The number of carbonyl (C=O) groups excluding carboxylic acids is 2. The molecule has 33 heavy (non-hydrogen) atoms. The molecule has 1 aromatic carbocycles. The highest BCUT2D eigenvalue weighted by molar-refractivity contribution is 5.81. The number of carbonyl (C=O) groups is 2. The Morgan fingerprint density at radius 3 is 1.88 bits per heavy atom. The highest BCUT2D eigenvalue weighted by atomic mass is 16.5. The molecule has 0 unspecified atom stereocenters. The van der Waals surface area contributed by atoms with Gasteiger partial charge in [-0.15, -0.1) is 0 Å². The topological polar surface area (TPSA) is 61.8 Å². The van der Waals surface area contributed by atoms with Crippen LogP contribution in [-0.4, -0.2) is 31.8 Å². The van der Waals surface area contributed by atoms with Gasteiger partial charge in [-0.2, -0.15) is 0 Å². The van der Waals surface area contributed by atoms with Gasteiger partial charge in [0.1, 0.15) is 5.75 Å². The summed E-state index contributed by atoms with van der Waals surface area (Å²) in [7, 11) is 0. The molecular formula is C28H40O5. The highest BCUT2D eigenvalue weighted by Crippen LogP contribution is 2.38. The summed E-state index contributed by atoms with van der Waals surface area (Å²) in [6, 6.07) is 8.62. The van der Waals surface area contributed by atoms with Gasteiger partial charge in [0.2, 0.25) is 0 Å². The Kier molecular flexibility index (Phi) is 13.0.